The molecule has 0 aliphatic carbocycles. The molecule has 0 N–H and O–H groups in total. The maximum Gasteiger partial charge on any atom is 1.00 e. The fourth-order valence-electron chi connectivity index (χ4n) is 2.64. The minimum Gasteiger partial charge on any atom is -0.747 e. The van der Waals surface area contributed by atoms with Gasteiger partial charge >= 0.3 is 41.5 Å². The van der Waals surface area contributed by atoms with Crippen molar-refractivity contribution in [2.45, 2.75) is 64.2 Å². The average molecular weight is 459 g/mol. The Morgan fingerprint density at radius 1 is 1.13 bits per heavy atom. The number of ether oxygens (including phenoxy) is 2. The first kappa shape index (κ1) is 28.9. The number of imide groups is 1. The molecule has 0 radical (unpaired) electrons. The molecular formula is C17H26NNaO10S. The zero-order chi connectivity index (χ0) is 22.2. The summed E-state index contributed by atoms with van der Waals surface area (Å²) in [6, 6.07) is 0. The summed E-state index contributed by atoms with van der Waals surface area (Å²) >= 11 is 0. The minimum atomic E-state index is -5.03. The Hall–Kier alpha value is -1.05. The predicted octanol–water partition coefficient (Wildman–Crippen LogP) is -2.71. The standard InChI is InChI=1S/C17H27NO10S.Na/c1-11(2)9-12(3)26-7-8-27-15(20)5-4-6-16(21)28-18-14(19)10-13(17(18)22)29(23,24)25;/h11-13H,4-10H2,1-3H3,(H,23,24,25);/q;+1/p-1. The number of carbonyl (C=O) groups excluding carboxylic acids is 4. The minimum absolute atomic E-state index is 0. The van der Waals surface area contributed by atoms with Crippen LogP contribution in [0.15, 0.2) is 0 Å². The van der Waals surface area contributed by atoms with Crippen LogP contribution in [0, 0.1) is 5.92 Å². The molecule has 2 unspecified atom stereocenters. The molecule has 1 aliphatic heterocycles. The summed E-state index contributed by atoms with van der Waals surface area (Å²) in [5.41, 5.74) is 0. The molecule has 0 saturated carbocycles. The van der Waals surface area contributed by atoms with E-state index in [-0.39, 0.29) is 73.2 Å². The van der Waals surface area contributed by atoms with Gasteiger partial charge in [0.05, 0.1) is 19.1 Å². The molecule has 11 nitrogen and oxygen atoms in total. The Labute approximate surface area is 197 Å². The third-order valence-corrected chi connectivity index (χ3v) is 4.98. The van der Waals surface area contributed by atoms with Crippen LogP contribution in [0.25, 0.3) is 0 Å². The SMILES string of the molecule is CC(C)CC(C)OCCOC(=O)CCCC(=O)ON1C(=O)CC(S(=O)(=O)[O-])C1=O.[Na+]. The topological polar surface area (TPSA) is 156 Å². The second kappa shape index (κ2) is 13.4. The van der Waals surface area contributed by atoms with E-state index in [0.717, 1.165) is 6.42 Å². The van der Waals surface area contributed by atoms with Crippen molar-refractivity contribution in [2.75, 3.05) is 13.2 Å². The fourth-order valence-corrected chi connectivity index (χ4v) is 3.33. The van der Waals surface area contributed by atoms with Crippen LogP contribution < -0.4 is 29.6 Å². The smallest absolute Gasteiger partial charge is 0.747 e. The Balaban J connectivity index is 0.00000841. The van der Waals surface area contributed by atoms with Gasteiger partial charge in [0.15, 0.2) is 0 Å². The number of hydroxylamine groups is 2. The van der Waals surface area contributed by atoms with E-state index in [0.29, 0.717) is 5.92 Å². The van der Waals surface area contributed by atoms with E-state index < -0.39 is 45.5 Å². The number of hydrogen-bond acceptors (Lipinski definition) is 10. The second-order valence-corrected chi connectivity index (χ2v) is 8.61. The maximum absolute atomic E-state index is 11.7. The second-order valence-electron chi connectivity index (χ2n) is 7.06. The summed E-state index contributed by atoms with van der Waals surface area (Å²) in [5, 5.41) is -2.11. The van der Waals surface area contributed by atoms with Crippen molar-refractivity contribution in [3.63, 3.8) is 0 Å². The summed E-state index contributed by atoms with van der Waals surface area (Å²) in [5.74, 6) is -3.57. The van der Waals surface area contributed by atoms with Crippen molar-refractivity contribution in [3.05, 3.63) is 0 Å². The van der Waals surface area contributed by atoms with Gasteiger partial charge in [-0.3, -0.25) is 14.4 Å². The molecule has 1 aliphatic rings. The van der Waals surface area contributed by atoms with E-state index in [4.69, 9.17) is 9.47 Å². The molecule has 1 saturated heterocycles. The summed E-state index contributed by atoms with van der Waals surface area (Å²) < 4.78 is 43.2. The molecular weight excluding hydrogens is 433 g/mol. The van der Waals surface area contributed by atoms with Gasteiger partial charge in [-0.05, 0) is 25.7 Å². The quantitative estimate of drug-likeness (QED) is 0.0988. The number of nitrogens with zero attached hydrogens (tertiary/aromatic N) is 1. The predicted molar refractivity (Wildman–Crippen MR) is 95.7 cm³/mol. The normalized spacial score (nSPS) is 17.6. The van der Waals surface area contributed by atoms with Crippen molar-refractivity contribution in [3.8, 4) is 0 Å². The Morgan fingerprint density at radius 3 is 2.27 bits per heavy atom. The van der Waals surface area contributed by atoms with Crippen LogP contribution >= 0.6 is 0 Å². The van der Waals surface area contributed by atoms with Crippen molar-refractivity contribution in [1.82, 2.24) is 5.06 Å². The molecule has 1 fully saturated rings. The molecule has 0 aromatic carbocycles. The van der Waals surface area contributed by atoms with E-state index in [9.17, 15) is 32.1 Å². The molecule has 0 aromatic rings. The van der Waals surface area contributed by atoms with Crippen LogP contribution in [0.1, 0.15) is 52.9 Å². The van der Waals surface area contributed by atoms with Gasteiger partial charge in [-0.15, -0.1) is 5.06 Å². The molecule has 2 amide bonds. The summed E-state index contributed by atoms with van der Waals surface area (Å²) in [6.45, 7) is 6.41. The van der Waals surface area contributed by atoms with Gasteiger partial charge in [-0.25, -0.2) is 13.2 Å². The third-order valence-electron chi connectivity index (χ3n) is 3.92. The Bertz CT molecular complexity index is 724. The average Bonchev–Trinajstić information content (AvgIpc) is 2.86. The molecule has 1 heterocycles. The monoisotopic (exact) mass is 459 g/mol. The van der Waals surface area contributed by atoms with Crippen LogP contribution in [0.5, 0.6) is 0 Å². The Kier molecular flexibility index (Phi) is 12.9. The molecule has 0 spiro atoms. The van der Waals surface area contributed by atoms with E-state index in [1.54, 1.807) is 0 Å². The van der Waals surface area contributed by atoms with Crippen LogP contribution in [0.3, 0.4) is 0 Å². The van der Waals surface area contributed by atoms with Crippen LogP contribution in [0.4, 0.5) is 0 Å². The first-order valence-corrected chi connectivity index (χ1v) is 10.7. The molecule has 30 heavy (non-hydrogen) atoms. The molecule has 166 valence electrons. The zero-order valence-electron chi connectivity index (χ0n) is 17.6. The molecule has 13 heteroatoms. The van der Waals surface area contributed by atoms with Crippen molar-refractivity contribution in [1.29, 1.82) is 0 Å². The number of amides is 2. The summed E-state index contributed by atoms with van der Waals surface area (Å²) in [6.07, 6.45) is -0.321. The zero-order valence-corrected chi connectivity index (χ0v) is 20.4. The van der Waals surface area contributed by atoms with Crippen molar-refractivity contribution >= 4 is 33.9 Å². The van der Waals surface area contributed by atoms with Gasteiger partial charge in [0.2, 0.25) is 0 Å². The van der Waals surface area contributed by atoms with Crippen molar-refractivity contribution < 1.29 is 76.0 Å². The number of carbonyl (C=O) groups is 4. The number of esters is 1. The fraction of sp³-hybridized carbons (Fsp3) is 0.765. The van der Waals surface area contributed by atoms with Crippen molar-refractivity contribution in [2.24, 2.45) is 5.92 Å². The van der Waals surface area contributed by atoms with Gasteiger partial charge in [-0.1, -0.05) is 13.8 Å². The molecule has 1 rings (SSSR count). The van der Waals surface area contributed by atoms with E-state index >= 15 is 0 Å². The van der Waals surface area contributed by atoms with E-state index in [1.807, 2.05) is 6.92 Å². The van der Waals surface area contributed by atoms with Gasteiger partial charge in [0.1, 0.15) is 22.0 Å². The van der Waals surface area contributed by atoms with Crippen LogP contribution in [-0.2, 0) is 43.6 Å². The van der Waals surface area contributed by atoms with E-state index in [1.165, 1.54) is 0 Å². The number of hydrogen-bond donors (Lipinski definition) is 0. The molecule has 2 atom stereocenters. The number of rotatable bonds is 12. The first-order valence-electron chi connectivity index (χ1n) is 9.21. The van der Waals surface area contributed by atoms with Gasteiger partial charge in [0.25, 0.3) is 11.8 Å². The Morgan fingerprint density at radius 2 is 1.73 bits per heavy atom. The van der Waals surface area contributed by atoms with Gasteiger partial charge in [-0.2, -0.15) is 0 Å². The maximum atomic E-state index is 11.7. The third kappa shape index (κ3) is 10.3. The van der Waals surface area contributed by atoms with Crippen LogP contribution in [0.2, 0.25) is 0 Å². The summed E-state index contributed by atoms with van der Waals surface area (Å²) in [7, 11) is -5.03. The molecule has 0 aromatic heterocycles. The summed E-state index contributed by atoms with van der Waals surface area (Å²) in [4.78, 5) is 51.0. The molecule has 0 bridgehead atoms. The van der Waals surface area contributed by atoms with E-state index in [2.05, 4.69) is 18.7 Å². The van der Waals surface area contributed by atoms with Crippen LogP contribution in [-0.4, -0.2) is 66.4 Å². The van der Waals surface area contributed by atoms with Gasteiger partial charge < -0.3 is 18.9 Å². The largest absolute Gasteiger partial charge is 1.00 e. The van der Waals surface area contributed by atoms with Gasteiger partial charge in [0, 0.05) is 12.8 Å². The first-order chi connectivity index (χ1) is 13.4.